The molecule has 5 nitrogen and oxygen atoms in total. The summed E-state index contributed by atoms with van der Waals surface area (Å²) in [5.41, 5.74) is 3.62. The van der Waals surface area contributed by atoms with Crippen LogP contribution in [0.1, 0.15) is 28.3 Å². The van der Waals surface area contributed by atoms with E-state index in [1.807, 2.05) is 44.2 Å². The summed E-state index contributed by atoms with van der Waals surface area (Å²) in [4.78, 5) is 32.3. The third-order valence-corrected chi connectivity index (χ3v) is 6.71. The Hall–Kier alpha value is -3.84. The number of aromatic nitrogens is 1. The lowest BCUT2D eigenvalue weighted by atomic mass is 9.95. The minimum Gasteiger partial charge on any atom is -0.507 e. The number of carbonyl (C=O) groups excluding carboxylic acids is 2. The summed E-state index contributed by atoms with van der Waals surface area (Å²) in [5.74, 6) is -2.31. The van der Waals surface area contributed by atoms with Crippen molar-refractivity contribution in [2.45, 2.75) is 19.9 Å². The molecule has 4 aromatic rings. The summed E-state index contributed by atoms with van der Waals surface area (Å²) < 4.78 is 14.5. The minimum atomic E-state index is -0.937. The Kier molecular flexibility index (Phi) is 5.06. The lowest BCUT2D eigenvalue weighted by molar-refractivity contribution is -0.132. The normalized spacial score (nSPS) is 17.8. The molecule has 0 spiro atoms. The summed E-state index contributed by atoms with van der Waals surface area (Å²) >= 11 is 1.29. The van der Waals surface area contributed by atoms with Crippen LogP contribution in [0.4, 0.5) is 9.52 Å². The Morgan fingerprint density at radius 2 is 1.64 bits per heavy atom. The minimum absolute atomic E-state index is 0.0501. The topological polar surface area (TPSA) is 70.5 Å². The first-order valence-electron chi connectivity index (χ1n) is 10.3. The number of halogens is 1. The second-order valence-corrected chi connectivity index (χ2v) is 9.06. The van der Waals surface area contributed by atoms with Crippen LogP contribution < -0.4 is 4.90 Å². The van der Waals surface area contributed by atoms with Gasteiger partial charge >= 0.3 is 5.91 Å². The van der Waals surface area contributed by atoms with Crippen LogP contribution in [0.15, 0.2) is 72.3 Å². The highest BCUT2D eigenvalue weighted by Crippen LogP contribution is 2.44. The Bertz CT molecular complexity index is 1440. The van der Waals surface area contributed by atoms with Gasteiger partial charge in [0.2, 0.25) is 0 Å². The van der Waals surface area contributed by atoms with Crippen LogP contribution in [0, 0.1) is 19.7 Å². The third-order valence-electron chi connectivity index (χ3n) is 5.69. The third kappa shape index (κ3) is 3.60. The predicted molar refractivity (Wildman–Crippen MR) is 127 cm³/mol. The number of aliphatic hydroxyl groups excluding tert-OH is 1. The van der Waals surface area contributed by atoms with Gasteiger partial charge in [-0.15, -0.1) is 0 Å². The highest BCUT2D eigenvalue weighted by molar-refractivity contribution is 7.22. The number of hydrogen-bond donors (Lipinski definition) is 1. The summed E-state index contributed by atoms with van der Waals surface area (Å²) in [6.45, 7) is 3.88. The molecule has 1 N–H and O–H groups in total. The first-order valence-corrected chi connectivity index (χ1v) is 11.2. The second kappa shape index (κ2) is 7.94. The zero-order chi connectivity index (χ0) is 23.3. The molecule has 0 saturated carbocycles. The van der Waals surface area contributed by atoms with E-state index in [-0.39, 0.29) is 11.3 Å². The molecule has 1 atom stereocenters. The highest BCUT2D eigenvalue weighted by Gasteiger charge is 2.48. The van der Waals surface area contributed by atoms with Crippen LogP contribution in [0.2, 0.25) is 0 Å². The molecule has 33 heavy (non-hydrogen) atoms. The van der Waals surface area contributed by atoms with Crippen molar-refractivity contribution >= 4 is 44.1 Å². The zero-order valence-electron chi connectivity index (χ0n) is 17.9. The number of amides is 1. The maximum Gasteiger partial charge on any atom is 0.301 e. The molecule has 1 aromatic heterocycles. The number of nitrogens with zero attached hydrogens (tertiary/aromatic N) is 2. The predicted octanol–water partition coefficient (Wildman–Crippen LogP) is 5.68. The summed E-state index contributed by atoms with van der Waals surface area (Å²) in [6, 6.07) is 17.4. The van der Waals surface area contributed by atoms with Gasteiger partial charge in [0.15, 0.2) is 5.13 Å². The van der Waals surface area contributed by atoms with E-state index in [0.717, 1.165) is 15.8 Å². The number of thiazole rings is 1. The maximum atomic E-state index is 13.7. The van der Waals surface area contributed by atoms with E-state index in [1.54, 1.807) is 12.1 Å². The van der Waals surface area contributed by atoms with Crippen LogP contribution in [0.25, 0.3) is 16.0 Å². The molecule has 7 heteroatoms. The van der Waals surface area contributed by atoms with Gasteiger partial charge in [-0.3, -0.25) is 14.5 Å². The standard InChI is InChI=1S/C26H19FN2O3S/c1-14-3-6-17(7-4-14)23(30)21-22(16-8-10-18(27)11-9-16)29(25(32)24(21)31)26-28-19-12-5-15(2)13-20(19)33-26/h3-13,22,30H,1-2H3/b23-21+/t22-/m1/s1. The average molecular weight is 459 g/mol. The van der Waals surface area contributed by atoms with Crippen molar-refractivity contribution in [2.24, 2.45) is 0 Å². The van der Waals surface area contributed by atoms with E-state index < -0.39 is 23.5 Å². The van der Waals surface area contributed by atoms with Crippen LogP contribution >= 0.6 is 11.3 Å². The molecule has 2 heterocycles. The molecule has 0 bridgehead atoms. The van der Waals surface area contributed by atoms with Gasteiger partial charge in [0, 0.05) is 5.56 Å². The van der Waals surface area contributed by atoms with Gasteiger partial charge in [0.1, 0.15) is 11.6 Å². The molecule has 1 saturated heterocycles. The summed E-state index contributed by atoms with van der Waals surface area (Å²) in [7, 11) is 0. The van der Waals surface area contributed by atoms with Crippen molar-refractivity contribution < 1.29 is 19.1 Å². The SMILES string of the molecule is Cc1ccc(/C(O)=C2\C(=O)C(=O)N(c3nc4ccc(C)cc4s3)[C@@H]2c2ccc(F)cc2)cc1. The molecule has 1 aliphatic heterocycles. The number of ketones is 1. The molecule has 1 aliphatic rings. The Balaban J connectivity index is 1.73. The average Bonchev–Trinajstić information content (AvgIpc) is 3.32. The molecule has 1 amide bonds. The molecule has 5 rings (SSSR count). The molecule has 0 aliphatic carbocycles. The number of hydrogen-bond acceptors (Lipinski definition) is 5. The van der Waals surface area contributed by atoms with E-state index in [0.29, 0.717) is 21.8 Å². The Morgan fingerprint density at radius 1 is 0.970 bits per heavy atom. The lowest BCUT2D eigenvalue weighted by Crippen LogP contribution is -2.29. The number of benzene rings is 3. The van der Waals surface area contributed by atoms with Crippen molar-refractivity contribution in [1.82, 2.24) is 4.98 Å². The molecule has 1 fully saturated rings. The Morgan fingerprint density at radius 3 is 2.33 bits per heavy atom. The number of Topliss-reactive ketones (excluding diaryl/α,β-unsaturated/α-hetero) is 1. The summed E-state index contributed by atoms with van der Waals surface area (Å²) in [6.07, 6.45) is 0. The van der Waals surface area contributed by atoms with Crippen LogP contribution in [0.5, 0.6) is 0 Å². The fourth-order valence-corrected chi connectivity index (χ4v) is 5.07. The van der Waals surface area contributed by atoms with E-state index in [2.05, 4.69) is 4.98 Å². The van der Waals surface area contributed by atoms with Gasteiger partial charge in [0.25, 0.3) is 5.78 Å². The molecule has 3 aromatic carbocycles. The van der Waals surface area contributed by atoms with E-state index in [4.69, 9.17) is 0 Å². The van der Waals surface area contributed by atoms with Gasteiger partial charge < -0.3 is 5.11 Å². The fraction of sp³-hybridized carbons (Fsp3) is 0.115. The van der Waals surface area contributed by atoms with Crippen molar-refractivity contribution in [1.29, 1.82) is 0 Å². The number of carbonyl (C=O) groups is 2. The first-order chi connectivity index (χ1) is 15.8. The number of aliphatic hydroxyl groups is 1. The zero-order valence-corrected chi connectivity index (χ0v) is 18.7. The molecule has 0 unspecified atom stereocenters. The number of anilines is 1. The van der Waals surface area contributed by atoms with Gasteiger partial charge in [-0.25, -0.2) is 9.37 Å². The maximum absolute atomic E-state index is 13.7. The van der Waals surface area contributed by atoms with Crippen LogP contribution in [0.3, 0.4) is 0 Å². The van der Waals surface area contributed by atoms with Gasteiger partial charge in [-0.1, -0.05) is 59.4 Å². The first kappa shape index (κ1) is 21.0. The fourth-order valence-electron chi connectivity index (χ4n) is 3.98. The second-order valence-electron chi connectivity index (χ2n) is 8.05. The summed E-state index contributed by atoms with van der Waals surface area (Å²) in [5, 5.41) is 11.5. The van der Waals surface area contributed by atoms with Crippen LogP contribution in [-0.2, 0) is 9.59 Å². The lowest BCUT2D eigenvalue weighted by Gasteiger charge is -2.23. The number of aryl methyl sites for hydroxylation is 2. The number of rotatable bonds is 3. The quantitative estimate of drug-likeness (QED) is 0.244. The van der Waals surface area contributed by atoms with Crippen LogP contribution in [-0.4, -0.2) is 21.8 Å². The van der Waals surface area contributed by atoms with Crippen molar-refractivity contribution in [2.75, 3.05) is 4.90 Å². The number of fused-ring (bicyclic) bond motifs is 1. The van der Waals surface area contributed by atoms with Gasteiger partial charge in [-0.05, 0) is 49.2 Å². The van der Waals surface area contributed by atoms with Crippen molar-refractivity contribution in [3.8, 4) is 0 Å². The monoisotopic (exact) mass is 458 g/mol. The Labute approximate surface area is 193 Å². The molecule has 0 radical (unpaired) electrons. The molecular weight excluding hydrogens is 439 g/mol. The largest absolute Gasteiger partial charge is 0.507 e. The van der Waals surface area contributed by atoms with E-state index in [9.17, 15) is 19.1 Å². The van der Waals surface area contributed by atoms with Gasteiger partial charge in [0.05, 0.1) is 21.8 Å². The van der Waals surface area contributed by atoms with Gasteiger partial charge in [-0.2, -0.15) is 0 Å². The molecular formula is C26H19FN2O3S. The molecule has 164 valence electrons. The smallest absolute Gasteiger partial charge is 0.301 e. The van der Waals surface area contributed by atoms with Crippen molar-refractivity contribution in [3.05, 3.63) is 100 Å². The van der Waals surface area contributed by atoms with Crippen molar-refractivity contribution in [3.63, 3.8) is 0 Å². The highest BCUT2D eigenvalue weighted by atomic mass is 32.1. The van der Waals surface area contributed by atoms with E-state index in [1.165, 1.54) is 40.5 Å². The van der Waals surface area contributed by atoms with E-state index >= 15 is 0 Å².